The van der Waals surface area contributed by atoms with Crippen molar-refractivity contribution >= 4 is 17.0 Å². The molecule has 1 amide bonds. The molecule has 0 heterocycles. The van der Waals surface area contributed by atoms with Crippen LogP contribution in [0.5, 0.6) is 0 Å². The maximum atomic E-state index is 9.58. The zero-order valence-electron chi connectivity index (χ0n) is 3.18. The van der Waals surface area contributed by atoms with Crippen molar-refractivity contribution in [3.05, 3.63) is 0 Å². The minimum Gasteiger partial charge on any atom is -0.285 e. The summed E-state index contributed by atoms with van der Waals surface area (Å²) >= 11 is 4.65. The Kier molecular flexibility index (Phi) is 1.90. The summed E-state index contributed by atoms with van der Waals surface area (Å²) < 4.78 is 0. The molecule has 0 aromatic heterocycles. The summed E-state index contributed by atoms with van der Waals surface area (Å²) in [5.74, 6) is 0. The van der Waals surface area contributed by atoms with Crippen LogP contribution in [0.1, 0.15) is 0 Å². The Balaban J connectivity index is 3.26. The van der Waals surface area contributed by atoms with Crippen LogP contribution in [0.2, 0.25) is 0 Å². The molecule has 0 atom stereocenters. The fourth-order valence-electron chi connectivity index (χ4n) is 0. The van der Waals surface area contributed by atoms with Gasteiger partial charge in [0.05, 0.1) is 0 Å². The van der Waals surface area contributed by atoms with Gasteiger partial charge < -0.3 is 0 Å². The normalized spacial score (nSPS) is 7.83. The Morgan fingerprint density at radius 3 is 2.17 bits per heavy atom. The minimum absolute atomic E-state index is 0.293. The van der Waals surface area contributed by atoms with Crippen molar-refractivity contribution in [3.63, 3.8) is 0 Å². The lowest BCUT2D eigenvalue weighted by Gasteiger charge is -1.97. The third-order valence-corrected chi connectivity index (χ3v) is 0.499. The predicted octanol–water partition coefficient (Wildman–Crippen LogP) is 0.666. The molecule has 0 aliphatic carbocycles. The monoisotopic (exact) mass is 109 g/mol. The summed E-state index contributed by atoms with van der Waals surface area (Å²) in [7, 11) is 1.15. The van der Waals surface area contributed by atoms with E-state index in [1.165, 1.54) is 0 Å². The standard InChI is InChI=1S/C2H4ClNO2/c1-4(6)2(3)5/h6H,1H3. The summed E-state index contributed by atoms with van der Waals surface area (Å²) in [6, 6.07) is 0. The second-order valence-corrected chi connectivity index (χ2v) is 1.10. The number of carbonyl (C=O) groups excluding carboxylic acids is 1. The molecule has 6 heavy (non-hydrogen) atoms. The van der Waals surface area contributed by atoms with E-state index in [-0.39, 0.29) is 0 Å². The van der Waals surface area contributed by atoms with Crippen LogP contribution in [-0.4, -0.2) is 22.7 Å². The average molecular weight is 110 g/mol. The topological polar surface area (TPSA) is 40.5 Å². The summed E-state index contributed by atoms with van der Waals surface area (Å²) in [6.45, 7) is 0. The average Bonchev–Trinajstić information content (AvgIpc) is 1.36. The van der Waals surface area contributed by atoms with Crippen molar-refractivity contribution in [2.24, 2.45) is 0 Å². The molecule has 0 saturated carbocycles. The predicted molar refractivity (Wildman–Crippen MR) is 20.8 cm³/mol. The zero-order valence-corrected chi connectivity index (χ0v) is 3.94. The van der Waals surface area contributed by atoms with Crippen molar-refractivity contribution in [1.82, 2.24) is 5.06 Å². The molecule has 36 valence electrons. The molecule has 0 spiro atoms. The van der Waals surface area contributed by atoms with Gasteiger partial charge in [-0.25, -0.2) is 5.06 Å². The van der Waals surface area contributed by atoms with Gasteiger partial charge >= 0.3 is 5.37 Å². The van der Waals surface area contributed by atoms with E-state index in [0.29, 0.717) is 5.06 Å². The first-order valence-electron chi connectivity index (χ1n) is 1.26. The Morgan fingerprint density at radius 2 is 2.17 bits per heavy atom. The Morgan fingerprint density at radius 1 is 2.00 bits per heavy atom. The van der Waals surface area contributed by atoms with Crippen LogP contribution in [0.25, 0.3) is 0 Å². The summed E-state index contributed by atoms with van der Waals surface area (Å²) in [5, 5.41) is 7.40. The smallest absolute Gasteiger partial charge is 0.285 e. The molecule has 0 fully saturated rings. The zero-order chi connectivity index (χ0) is 5.15. The van der Waals surface area contributed by atoms with Gasteiger partial charge in [0, 0.05) is 7.05 Å². The summed E-state index contributed by atoms with van der Waals surface area (Å²) in [6.07, 6.45) is 0. The molecule has 0 unspecified atom stereocenters. The summed E-state index contributed by atoms with van der Waals surface area (Å²) in [5.41, 5.74) is 0. The number of halogens is 1. The van der Waals surface area contributed by atoms with Crippen molar-refractivity contribution in [3.8, 4) is 0 Å². The highest BCUT2D eigenvalue weighted by Crippen LogP contribution is 1.83. The van der Waals surface area contributed by atoms with Crippen molar-refractivity contribution < 1.29 is 10.0 Å². The van der Waals surface area contributed by atoms with Crippen LogP contribution in [0.3, 0.4) is 0 Å². The second-order valence-electron chi connectivity index (χ2n) is 0.777. The Hall–Kier alpha value is -0.280. The van der Waals surface area contributed by atoms with E-state index < -0.39 is 5.37 Å². The van der Waals surface area contributed by atoms with Crippen LogP contribution >= 0.6 is 11.6 Å². The van der Waals surface area contributed by atoms with Gasteiger partial charge in [0.1, 0.15) is 0 Å². The molecule has 0 bridgehead atoms. The first-order chi connectivity index (χ1) is 2.64. The van der Waals surface area contributed by atoms with Gasteiger partial charge in [-0.05, 0) is 11.6 Å². The highest BCUT2D eigenvalue weighted by atomic mass is 35.5. The molecule has 0 aliphatic rings. The number of amides is 1. The number of hydroxylamine groups is 2. The molecule has 0 radical (unpaired) electrons. The molecule has 0 rings (SSSR count). The van der Waals surface area contributed by atoms with E-state index in [4.69, 9.17) is 5.21 Å². The fraction of sp³-hybridized carbons (Fsp3) is 0.500. The first-order valence-corrected chi connectivity index (χ1v) is 1.64. The number of hydrogen-bond donors (Lipinski definition) is 1. The van der Waals surface area contributed by atoms with E-state index in [9.17, 15) is 4.79 Å². The number of carbonyl (C=O) groups is 1. The fourth-order valence-corrected chi connectivity index (χ4v) is 0. The lowest BCUT2D eigenvalue weighted by molar-refractivity contribution is -0.00634. The van der Waals surface area contributed by atoms with E-state index in [2.05, 4.69) is 11.6 Å². The molecule has 3 nitrogen and oxygen atoms in total. The van der Waals surface area contributed by atoms with Gasteiger partial charge in [-0.3, -0.25) is 10.0 Å². The van der Waals surface area contributed by atoms with Gasteiger partial charge in [-0.15, -0.1) is 0 Å². The van der Waals surface area contributed by atoms with Crippen molar-refractivity contribution in [2.45, 2.75) is 0 Å². The van der Waals surface area contributed by atoms with Crippen molar-refractivity contribution in [1.29, 1.82) is 0 Å². The van der Waals surface area contributed by atoms with E-state index in [1.807, 2.05) is 0 Å². The van der Waals surface area contributed by atoms with Gasteiger partial charge in [0.15, 0.2) is 0 Å². The molecule has 1 N–H and O–H groups in total. The van der Waals surface area contributed by atoms with Gasteiger partial charge in [0.2, 0.25) is 0 Å². The Labute approximate surface area is 40.1 Å². The number of nitrogens with zero attached hydrogens (tertiary/aromatic N) is 1. The summed E-state index contributed by atoms with van der Waals surface area (Å²) in [4.78, 5) is 9.58. The molecular formula is C2H4ClNO2. The largest absolute Gasteiger partial charge is 0.339 e. The second kappa shape index (κ2) is 2.00. The van der Waals surface area contributed by atoms with Crippen LogP contribution in [0, 0.1) is 0 Å². The maximum absolute atomic E-state index is 9.58. The number of hydrogen-bond acceptors (Lipinski definition) is 2. The van der Waals surface area contributed by atoms with Crippen LogP contribution in [0.4, 0.5) is 4.79 Å². The lowest BCUT2D eigenvalue weighted by atomic mass is 11.2. The van der Waals surface area contributed by atoms with Crippen molar-refractivity contribution in [2.75, 3.05) is 7.05 Å². The third-order valence-electron chi connectivity index (χ3n) is 0.254. The van der Waals surface area contributed by atoms with Crippen LogP contribution in [-0.2, 0) is 0 Å². The maximum Gasteiger partial charge on any atom is 0.339 e. The molecule has 0 saturated heterocycles. The third kappa shape index (κ3) is 1.99. The van der Waals surface area contributed by atoms with E-state index >= 15 is 0 Å². The van der Waals surface area contributed by atoms with Gasteiger partial charge in [-0.1, -0.05) is 0 Å². The van der Waals surface area contributed by atoms with Crippen LogP contribution in [0.15, 0.2) is 0 Å². The van der Waals surface area contributed by atoms with Gasteiger partial charge in [0.25, 0.3) is 0 Å². The highest BCUT2D eigenvalue weighted by Gasteiger charge is 1.94. The molecule has 0 aliphatic heterocycles. The lowest BCUT2D eigenvalue weighted by Crippen LogP contribution is -2.14. The Bertz CT molecular complexity index is 62.6. The quantitative estimate of drug-likeness (QED) is 0.215. The first kappa shape index (κ1) is 5.72. The van der Waals surface area contributed by atoms with Crippen LogP contribution < -0.4 is 0 Å². The van der Waals surface area contributed by atoms with E-state index in [0.717, 1.165) is 7.05 Å². The number of rotatable bonds is 0. The minimum atomic E-state index is -0.880. The SMILES string of the molecule is CN(O)C(=O)Cl. The highest BCUT2D eigenvalue weighted by molar-refractivity contribution is 6.62. The molecule has 0 aromatic carbocycles. The van der Waals surface area contributed by atoms with Gasteiger partial charge in [-0.2, -0.15) is 0 Å². The van der Waals surface area contributed by atoms with E-state index in [1.54, 1.807) is 0 Å². The molecular weight excluding hydrogens is 105 g/mol. The molecule has 0 aromatic rings. The molecule has 4 heteroatoms.